The van der Waals surface area contributed by atoms with Crippen LogP contribution in [0, 0.1) is 27.9 Å². The first kappa shape index (κ1) is 30.8. The molecule has 0 fully saturated rings. The summed E-state index contributed by atoms with van der Waals surface area (Å²) >= 11 is 1.36. The SMILES string of the molecule is Cc1cc2c(-c3cncnc3)cccc2[cH-]1.Cl.Cl.[C-]1=CC=CC1.[CH3-].[CH3-].[Si]=[Zr]. The van der Waals surface area contributed by atoms with Gasteiger partial charge in [-0.25, -0.2) is 22.1 Å². The number of aryl methyl sites for hydroxylation is 1. The van der Waals surface area contributed by atoms with Crippen molar-refractivity contribution in [1.82, 2.24) is 9.97 Å². The van der Waals surface area contributed by atoms with Gasteiger partial charge in [-0.3, -0.25) is 6.08 Å². The van der Waals surface area contributed by atoms with Crippen LogP contribution in [0.25, 0.3) is 21.9 Å². The van der Waals surface area contributed by atoms with E-state index in [1.54, 1.807) is 6.33 Å². The predicted octanol–water partition coefficient (Wildman–Crippen LogP) is 5.99. The molecule has 0 bridgehead atoms. The van der Waals surface area contributed by atoms with Crippen molar-refractivity contribution < 1.29 is 23.3 Å². The summed E-state index contributed by atoms with van der Waals surface area (Å²) in [5.41, 5.74) is 3.56. The van der Waals surface area contributed by atoms with Crippen LogP contribution in [0.5, 0.6) is 0 Å². The predicted molar refractivity (Wildman–Crippen MR) is 120 cm³/mol. The van der Waals surface area contributed by atoms with E-state index >= 15 is 0 Å². The van der Waals surface area contributed by atoms with E-state index in [2.05, 4.69) is 66.3 Å². The maximum absolute atomic E-state index is 4.06. The molecule has 0 N–H and O–H groups in total. The van der Waals surface area contributed by atoms with Crippen LogP contribution in [0.15, 0.2) is 67.3 Å². The fourth-order valence-corrected chi connectivity index (χ4v) is 2.41. The van der Waals surface area contributed by atoms with E-state index < -0.39 is 0 Å². The van der Waals surface area contributed by atoms with E-state index in [1.807, 2.05) is 24.5 Å². The summed E-state index contributed by atoms with van der Waals surface area (Å²) in [4.78, 5) is 8.13. The number of hydrogen-bond acceptors (Lipinski definition) is 2. The Morgan fingerprint density at radius 1 is 1.11 bits per heavy atom. The number of benzene rings is 1. The monoisotopic (exact) mass is 492 g/mol. The number of allylic oxidation sites excluding steroid dienone is 4. The van der Waals surface area contributed by atoms with Gasteiger partial charge >= 0.3 is 30.2 Å². The van der Waals surface area contributed by atoms with Crippen molar-refractivity contribution in [2.45, 2.75) is 13.3 Å². The van der Waals surface area contributed by atoms with Crippen LogP contribution in [0.1, 0.15) is 12.0 Å². The van der Waals surface area contributed by atoms with Crippen molar-refractivity contribution in [1.29, 1.82) is 0 Å². The van der Waals surface area contributed by atoms with Crippen LogP contribution in [0.3, 0.4) is 0 Å². The molecule has 0 saturated carbocycles. The number of halogens is 2. The van der Waals surface area contributed by atoms with Crippen LogP contribution >= 0.6 is 24.8 Å². The Labute approximate surface area is 193 Å². The molecule has 1 heterocycles. The Bertz CT molecular complexity index is 807. The average Bonchev–Trinajstić information content (AvgIpc) is 3.29. The zero-order chi connectivity index (χ0) is 16.5. The second-order valence-corrected chi connectivity index (χ2v) is 4.97. The zero-order valence-electron chi connectivity index (χ0n) is 15.8. The molecule has 0 amide bonds. The maximum atomic E-state index is 4.06. The standard InChI is InChI=1S/C14H11N2.C5H5.2CH3.2ClH.Si.Zr/c1-10-5-11-3-2-4-13(14(11)6-10)12-7-15-9-16-8-12;1-2-4-5-3-1;;;;;;/h2-9H,1H3;1-3H,4H2;2*1H3;2*1H;;/q4*-1;;;;. The van der Waals surface area contributed by atoms with E-state index in [1.165, 1.54) is 45.2 Å². The minimum absolute atomic E-state index is 0. The Morgan fingerprint density at radius 2 is 1.78 bits per heavy atom. The van der Waals surface area contributed by atoms with Crippen molar-refractivity contribution in [2.24, 2.45) is 0 Å². The van der Waals surface area contributed by atoms with Gasteiger partial charge in [0.15, 0.2) is 0 Å². The summed E-state index contributed by atoms with van der Waals surface area (Å²) < 4.78 is 0. The Balaban J connectivity index is -0.000000457. The van der Waals surface area contributed by atoms with Crippen LogP contribution in [0.2, 0.25) is 0 Å². The number of aromatic nitrogens is 2. The van der Waals surface area contributed by atoms with Crippen molar-refractivity contribution in [3.63, 3.8) is 0 Å². The first-order valence-electron chi connectivity index (χ1n) is 7.23. The average molecular weight is 495 g/mol. The number of hydrogen-bond donors (Lipinski definition) is 0. The molecule has 2 aromatic carbocycles. The zero-order valence-corrected chi connectivity index (χ0v) is 20.9. The molecule has 144 valence electrons. The Hall–Kier alpha value is -0.930. The third-order valence-electron chi connectivity index (χ3n) is 3.35. The summed E-state index contributed by atoms with van der Waals surface area (Å²) in [5.74, 6) is 0. The number of fused-ring (bicyclic) bond motifs is 1. The van der Waals surface area contributed by atoms with Crippen LogP contribution in [-0.2, 0) is 23.3 Å². The van der Waals surface area contributed by atoms with Gasteiger partial charge in [-0.2, -0.15) is 12.1 Å². The van der Waals surface area contributed by atoms with Crippen LogP contribution in [0.4, 0.5) is 0 Å². The molecule has 2 nitrogen and oxygen atoms in total. The molecule has 2 radical (unpaired) electrons. The molecule has 0 aliphatic heterocycles. The van der Waals surface area contributed by atoms with Crippen molar-refractivity contribution in [2.75, 3.05) is 0 Å². The van der Waals surface area contributed by atoms with Gasteiger partial charge in [0.2, 0.25) is 0 Å². The van der Waals surface area contributed by atoms with Gasteiger partial charge in [-0.15, -0.1) is 65.8 Å². The molecule has 3 aromatic rings. The molecule has 0 unspecified atom stereocenters. The van der Waals surface area contributed by atoms with Gasteiger partial charge in [0.05, 0.1) is 0 Å². The summed E-state index contributed by atoms with van der Waals surface area (Å²) in [7, 11) is 0. The summed E-state index contributed by atoms with van der Waals surface area (Å²) in [5, 5.41) is 2.55. The van der Waals surface area contributed by atoms with Crippen molar-refractivity contribution >= 4 is 42.5 Å². The summed E-state index contributed by atoms with van der Waals surface area (Å²) in [6.07, 6.45) is 15.3. The minimum atomic E-state index is 0. The number of rotatable bonds is 1. The molecule has 0 saturated heterocycles. The van der Waals surface area contributed by atoms with E-state index in [4.69, 9.17) is 0 Å². The fourth-order valence-electron chi connectivity index (χ4n) is 2.41. The fraction of sp³-hybridized carbons (Fsp3) is 0.0952. The molecule has 6 heteroatoms. The van der Waals surface area contributed by atoms with E-state index in [0.29, 0.717) is 0 Å². The van der Waals surface area contributed by atoms with Crippen LogP contribution < -0.4 is 0 Å². The van der Waals surface area contributed by atoms with Gasteiger partial charge in [0, 0.05) is 18.0 Å². The van der Waals surface area contributed by atoms with E-state index in [9.17, 15) is 0 Å². The first-order chi connectivity index (χ1) is 11.3. The van der Waals surface area contributed by atoms with E-state index in [-0.39, 0.29) is 39.7 Å². The van der Waals surface area contributed by atoms with Crippen molar-refractivity contribution in [3.8, 4) is 11.1 Å². The van der Waals surface area contributed by atoms with Gasteiger partial charge in [-0.1, -0.05) is 18.6 Å². The molecule has 0 spiro atoms. The summed E-state index contributed by atoms with van der Waals surface area (Å²) in [6.45, 7) is 5.18. The Morgan fingerprint density at radius 3 is 2.30 bits per heavy atom. The van der Waals surface area contributed by atoms with Crippen molar-refractivity contribution in [3.05, 3.63) is 93.8 Å². The molecule has 1 aliphatic rings. The second kappa shape index (κ2) is 17.2. The molecule has 1 aromatic heterocycles. The van der Waals surface area contributed by atoms with E-state index in [0.717, 1.165) is 12.0 Å². The number of nitrogens with zero attached hydrogens (tertiary/aromatic N) is 2. The topological polar surface area (TPSA) is 25.8 Å². The molecular weight excluding hydrogens is 470 g/mol. The molecule has 1 aliphatic carbocycles. The second-order valence-electron chi connectivity index (χ2n) is 4.97. The van der Waals surface area contributed by atoms with Crippen LogP contribution in [-0.4, -0.2) is 16.8 Å². The van der Waals surface area contributed by atoms with Gasteiger partial charge in [-0.05, 0) is 0 Å². The molecule has 0 atom stereocenters. The third-order valence-corrected chi connectivity index (χ3v) is 3.35. The first-order valence-corrected chi connectivity index (χ1v) is 11.4. The third kappa shape index (κ3) is 9.21. The normalized spacial score (nSPS) is 9.78. The van der Waals surface area contributed by atoms with Gasteiger partial charge in [0.1, 0.15) is 6.33 Å². The van der Waals surface area contributed by atoms with Gasteiger partial charge in [0.25, 0.3) is 0 Å². The quantitative estimate of drug-likeness (QED) is 0.307. The molecule has 27 heavy (non-hydrogen) atoms. The molecular formula is C21H24Cl2N2SiZr-4. The van der Waals surface area contributed by atoms with Gasteiger partial charge < -0.3 is 14.9 Å². The Kier molecular flexibility index (Phi) is 19.6. The summed E-state index contributed by atoms with van der Waals surface area (Å²) in [6, 6.07) is 10.7. The molecule has 4 rings (SSSR count).